The van der Waals surface area contributed by atoms with E-state index in [1.165, 1.54) is 31.2 Å². The van der Waals surface area contributed by atoms with E-state index >= 15 is 0 Å². The molecule has 0 saturated heterocycles. The van der Waals surface area contributed by atoms with Gasteiger partial charge in [0.05, 0.1) is 22.2 Å². The van der Waals surface area contributed by atoms with E-state index in [1.54, 1.807) is 42.5 Å². The van der Waals surface area contributed by atoms with Crippen molar-refractivity contribution in [1.82, 2.24) is 4.31 Å². The maximum Gasteiger partial charge on any atom is 0.416 e. The summed E-state index contributed by atoms with van der Waals surface area (Å²) in [4.78, 5) is 12.4. The minimum atomic E-state index is -4.65. The summed E-state index contributed by atoms with van der Waals surface area (Å²) in [6.45, 7) is 6.83. The fourth-order valence-corrected chi connectivity index (χ4v) is 5.67. The molecular formula is C27H22F3NO3S. The lowest BCUT2D eigenvalue weighted by atomic mass is 9.87. The molecular weight excluding hydrogens is 475 g/mol. The van der Waals surface area contributed by atoms with Crippen molar-refractivity contribution in [3.8, 4) is 0 Å². The van der Waals surface area contributed by atoms with Gasteiger partial charge in [-0.15, -0.1) is 0 Å². The number of alkyl halides is 3. The van der Waals surface area contributed by atoms with Crippen LogP contribution in [0.5, 0.6) is 0 Å². The van der Waals surface area contributed by atoms with Crippen molar-refractivity contribution >= 4 is 27.6 Å². The Bertz CT molecular complexity index is 1440. The number of hydrogen-bond donors (Lipinski definition) is 0. The highest BCUT2D eigenvalue weighted by Crippen LogP contribution is 2.46. The van der Waals surface area contributed by atoms with Gasteiger partial charge in [0.2, 0.25) is 0 Å². The van der Waals surface area contributed by atoms with Gasteiger partial charge in [0.25, 0.3) is 10.0 Å². The Balaban J connectivity index is 2.06. The van der Waals surface area contributed by atoms with Crippen LogP contribution < -0.4 is 0 Å². The molecule has 0 unspecified atom stereocenters. The maximum absolute atomic E-state index is 14.0. The van der Waals surface area contributed by atoms with E-state index in [4.69, 9.17) is 0 Å². The lowest BCUT2D eigenvalue weighted by molar-refractivity contribution is -0.137. The predicted octanol–water partition coefficient (Wildman–Crippen LogP) is 6.40. The molecule has 0 bridgehead atoms. The molecule has 180 valence electrons. The molecule has 0 spiro atoms. The van der Waals surface area contributed by atoms with Crippen molar-refractivity contribution in [3.63, 3.8) is 0 Å². The van der Waals surface area contributed by atoms with Gasteiger partial charge in [-0.3, -0.25) is 9.10 Å². The number of halogens is 3. The van der Waals surface area contributed by atoms with E-state index < -0.39 is 33.6 Å². The number of sulfonamides is 1. The summed E-state index contributed by atoms with van der Waals surface area (Å²) in [5.74, 6) is -0.531. The number of ketones is 1. The molecule has 4 nitrogen and oxygen atoms in total. The largest absolute Gasteiger partial charge is 0.416 e. The van der Waals surface area contributed by atoms with Gasteiger partial charge < -0.3 is 0 Å². The summed E-state index contributed by atoms with van der Waals surface area (Å²) in [5, 5.41) is 0. The standard InChI is InChI=1S/C27H22F3NO3S/c1-17-9-13-23(14-10-17)35(33,34)31-25(20-7-5-4-6-8-20)15-21-11-12-22(27(28,29)30)16-24(21)26(31)18(2)19(3)32/h4-16,26H,2H2,1,3H3/t26-/m1/s1. The van der Waals surface area contributed by atoms with Gasteiger partial charge in [-0.2, -0.15) is 13.2 Å². The summed E-state index contributed by atoms with van der Waals surface area (Å²) >= 11 is 0. The first-order valence-corrected chi connectivity index (χ1v) is 12.1. The molecule has 3 aromatic carbocycles. The third kappa shape index (κ3) is 4.53. The van der Waals surface area contributed by atoms with Crippen molar-refractivity contribution in [1.29, 1.82) is 0 Å². The summed E-state index contributed by atoms with van der Waals surface area (Å²) in [6, 6.07) is 16.5. The zero-order valence-electron chi connectivity index (χ0n) is 19.0. The molecule has 0 fully saturated rings. The first-order valence-electron chi connectivity index (χ1n) is 10.7. The predicted molar refractivity (Wildman–Crippen MR) is 129 cm³/mol. The molecule has 1 heterocycles. The highest BCUT2D eigenvalue weighted by molar-refractivity contribution is 7.89. The van der Waals surface area contributed by atoms with Crippen LogP contribution in [-0.4, -0.2) is 18.5 Å². The highest BCUT2D eigenvalue weighted by atomic mass is 32.2. The van der Waals surface area contributed by atoms with Gasteiger partial charge in [0.15, 0.2) is 5.78 Å². The van der Waals surface area contributed by atoms with Crippen LogP contribution in [0.1, 0.15) is 40.8 Å². The van der Waals surface area contributed by atoms with Crippen LogP contribution in [0.25, 0.3) is 11.8 Å². The third-order valence-corrected chi connectivity index (χ3v) is 7.70. The first-order chi connectivity index (χ1) is 16.4. The summed E-state index contributed by atoms with van der Waals surface area (Å²) in [6.07, 6.45) is -3.12. The van der Waals surface area contributed by atoms with Crippen molar-refractivity contribution in [2.75, 3.05) is 0 Å². The average Bonchev–Trinajstić information content (AvgIpc) is 2.82. The topological polar surface area (TPSA) is 54.5 Å². The number of carbonyl (C=O) groups excluding carboxylic acids is 1. The van der Waals surface area contributed by atoms with Gasteiger partial charge in [-0.1, -0.05) is 60.7 Å². The van der Waals surface area contributed by atoms with Gasteiger partial charge in [-0.25, -0.2) is 8.42 Å². The van der Waals surface area contributed by atoms with E-state index in [9.17, 15) is 26.4 Å². The van der Waals surface area contributed by atoms with Crippen molar-refractivity contribution in [3.05, 3.63) is 113 Å². The number of carbonyl (C=O) groups is 1. The number of hydrogen-bond acceptors (Lipinski definition) is 3. The van der Waals surface area contributed by atoms with E-state index in [2.05, 4.69) is 6.58 Å². The molecule has 0 radical (unpaired) electrons. The SMILES string of the molecule is C=C(C(C)=O)[C@@H]1c2cc(C(F)(F)F)ccc2C=C(c2ccccc2)N1S(=O)(=O)c1ccc(C)cc1. The minimum absolute atomic E-state index is 0.0374. The fourth-order valence-electron chi connectivity index (χ4n) is 4.03. The van der Waals surface area contributed by atoms with Crippen molar-refractivity contribution < 1.29 is 26.4 Å². The quantitative estimate of drug-likeness (QED) is 0.383. The van der Waals surface area contributed by atoms with E-state index in [0.717, 1.165) is 22.0 Å². The minimum Gasteiger partial charge on any atom is -0.295 e. The van der Waals surface area contributed by atoms with Crippen LogP contribution in [0, 0.1) is 6.92 Å². The summed E-state index contributed by atoms with van der Waals surface area (Å²) < 4.78 is 69.8. The Hall–Kier alpha value is -3.65. The number of Topliss-reactive ketones (excluding diaryl/α,β-unsaturated/α-hetero) is 1. The van der Waals surface area contributed by atoms with Crippen LogP contribution in [0.15, 0.2) is 89.8 Å². The van der Waals surface area contributed by atoms with Crippen LogP contribution in [0.3, 0.4) is 0 Å². The fraction of sp³-hybridized carbons (Fsp3) is 0.148. The van der Waals surface area contributed by atoms with Crippen LogP contribution in [0.2, 0.25) is 0 Å². The zero-order valence-corrected chi connectivity index (χ0v) is 19.8. The van der Waals surface area contributed by atoms with Gasteiger partial charge >= 0.3 is 6.18 Å². The number of benzene rings is 3. The summed E-state index contributed by atoms with van der Waals surface area (Å²) in [7, 11) is -4.32. The van der Waals surface area contributed by atoms with Crippen LogP contribution >= 0.6 is 0 Å². The second-order valence-electron chi connectivity index (χ2n) is 8.33. The number of nitrogens with zero attached hydrogens (tertiary/aromatic N) is 1. The molecule has 1 aliphatic rings. The van der Waals surface area contributed by atoms with E-state index in [1.807, 2.05) is 6.92 Å². The Kier molecular flexibility index (Phi) is 6.19. The highest BCUT2D eigenvalue weighted by Gasteiger charge is 2.42. The smallest absolute Gasteiger partial charge is 0.295 e. The van der Waals surface area contributed by atoms with Gasteiger partial charge in [0.1, 0.15) is 0 Å². The lowest BCUT2D eigenvalue weighted by Crippen LogP contribution is -2.38. The molecule has 1 atom stereocenters. The third-order valence-electron chi connectivity index (χ3n) is 5.90. The molecule has 4 rings (SSSR count). The molecule has 8 heteroatoms. The second kappa shape index (κ2) is 8.85. The Morgan fingerprint density at radius 3 is 2.17 bits per heavy atom. The molecule has 0 N–H and O–H groups in total. The second-order valence-corrected chi connectivity index (χ2v) is 10.1. The molecule has 0 saturated carbocycles. The van der Waals surface area contributed by atoms with Gasteiger partial charge in [0, 0.05) is 5.57 Å². The first kappa shape index (κ1) is 24.5. The number of aryl methyl sites for hydroxylation is 1. The van der Waals surface area contributed by atoms with E-state index in [-0.39, 0.29) is 21.7 Å². The number of rotatable bonds is 5. The molecule has 3 aromatic rings. The average molecular weight is 498 g/mol. The molecule has 35 heavy (non-hydrogen) atoms. The van der Waals surface area contributed by atoms with Crippen LogP contribution in [-0.2, 0) is 21.0 Å². The van der Waals surface area contributed by atoms with Gasteiger partial charge in [-0.05, 0) is 60.9 Å². The Morgan fingerprint density at radius 1 is 0.971 bits per heavy atom. The normalized spacial score (nSPS) is 15.9. The molecule has 1 aliphatic heterocycles. The monoisotopic (exact) mass is 497 g/mol. The Morgan fingerprint density at radius 2 is 1.60 bits per heavy atom. The lowest BCUT2D eigenvalue weighted by Gasteiger charge is -2.39. The number of fused-ring (bicyclic) bond motifs is 1. The van der Waals surface area contributed by atoms with E-state index in [0.29, 0.717) is 11.1 Å². The zero-order chi connectivity index (χ0) is 25.5. The molecule has 0 aliphatic carbocycles. The molecule has 0 aromatic heterocycles. The molecule has 0 amide bonds. The van der Waals surface area contributed by atoms with Crippen molar-refractivity contribution in [2.24, 2.45) is 0 Å². The summed E-state index contributed by atoms with van der Waals surface area (Å²) in [5.41, 5.74) is 0.923. The Labute approximate surface area is 202 Å². The van der Waals surface area contributed by atoms with Crippen molar-refractivity contribution in [2.45, 2.75) is 31.0 Å². The maximum atomic E-state index is 14.0. The van der Waals surface area contributed by atoms with Crippen LogP contribution in [0.4, 0.5) is 13.2 Å².